The second kappa shape index (κ2) is 9.27. The third kappa shape index (κ3) is 4.52. The van der Waals surface area contributed by atoms with E-state index in [1.54, 1.807) is 25.3 Å². The normalized spacial score (nSPS) is 13.7. The lowest BCUT2D eigenvalue weighted by molar-refractivity contribution is -0.385. The summed E-state index contributed by atoms with van der Waals surface area (Å²) in [7, 11) is 1.63. The third-order valence-corrected chi connectivity index (χ3v) is 5.74. The summed E-state index contributed by atoms with van der Waals surface area (Å²) in [5.41, 5.74) is 1.62. The Bertz CT molecular complexity index is 1120. The number of benzene rings is 2. The predicted molar refractivity (Wildman–Crippen MR) is 122 cm³/mol. The summed E-state index contributed by atoms with van der Waals surface area (Å²) in [6.07, 6.45) is 1.29. The molecule has 0 spiro atoms. The number of halogens is 1. The molecule has 0 unspecified atom stereocenters. The Labute approximate surface area is 190 Å². The average molecular weight is 456 g/mol. The van der Waals surface area contributed by atoms with Gasteiger partial charge in [-0.2, -0.15) is 4.98 Å². The Kier molecular flexibility index (Phi) is 6.27. The van der Waals surface area contributed by atoms with Crippen molar-refractivity contribution in [3.8, 4) is 17.4 Å². The molecule has 0 radical (unpaired) electrons. The van der Waals surface area contributed by atoms with E-state index < -0.39 is 4.92 Å². The Morgan fingerprint density at radius 2 is 1.66 bits per heavy atom. The lowest BCUT2D eigenvalue weighted by atomic mass is 10.2. The number of nitrogens with zero attached hydrogens (tertiary/aromatic N) is 5. The van der Waals surface area contributed by atoms with Crippen molar-refractivity contribution in [3.63, 3.8) is 0 Å². The fraction of sp³-hybridized carbons (Fsp3) is 0.273. The van der Waals surface area contributed by atoms with Crippen molar-refractivity contribution in [2.45, 2.75) is 6.92 Å². The number of rotatable bonds is 6. The van der Waals surface area contributed by atoms with Crippen molar-refractivity contribution in [3.05, 3.63) is 69.5 Å². The van der Waals surface area contributed by atoms with Crippen molar-refractivity contribution in [1.82, 2.24) is 9.97 Å². The molecule has 1 aliphatic heterocycles. The largest absolute Gasteiger partial charge is 0.497 e. The van der Waals surface area contributed by atoms with E-state index >= 15 is 0 Å². The van der Waals surface area contributed by atoms with Crippen molar-refractivity contribution >= 4 is 28.8 Å². The summed E-state index contributed by atoms with van der Waals surface area (Å²) in [6.45, 7) is 4.37. The highest BCUT2D eigenvalue weighted by Gasteiger charge is 2.30. The maximum Gasteiger partial charge on any atom is 0.373 e. The number of hydrogen-bond acceptors (Lipinski definition) is 8. The first-order chi connectivity index (χ1) is 15.5. The van der Waals surface area contributed by atoms with E-state index in [4.69, 9.17) is 21.1 Å². The van der Waals surface area contributed by atoms with E-state index in [0.717, 1.165) is 17.0 Å². The topological polar surface area (TPSA) is 93.9 Å². The molecule has 3 aromatic rings. The molecule has 1 aliphatic rings. The molecule has 0 atom stereocenters. The van der Waals surface area contributed by atoms with Crippen molar-refractivity contribution in [2.24, 2.45) is 0 Å². The maximum absolute atomic E-state index is 11.9. The van der Waals surface area contributed by atoms with Gasteiger partial charge in [0.15, 0.2) is 0 Å². The SMILES string of the molecule is COc1ccc(N2CCN(c3ncnc(Oc4ccc(Cl)c(C)c4)c3[N+](=O)[O-])CC2)cc1. The van der Waals surface area contributed by atoms with Crippen LogP contribution in [0, 0.1) is 17.0 Å². The Morgan fingerprint density at radius 3 is 2.28 bits per heavy atom. The molecule has 2 aromatic carbocycles. The monoisotopic (exact) mass is 455 g/mol. The third-order valence-electron chi connectivity index (χ3n) is 5.31. The van der Waals surface area contributed by atoms with Crippen molar-refractivity contribution in [1.29, 1.82) is 0 Å². The molecule has 1 saturated heterocycles. The highest BCUT2D eigenvalue weighted by atomic mass is 35.5. The minimum Gasteiger partial charge on any atom is -0.497 e. The molecule has 0 N–H and O–H groups in total. The summed E-state index contributed by atoms with van der Waals surface area (Å²) >= 11 is 6.06. The molecule has 10 heteroatoms. The van der Waals surface area contributed by atoms with Crippen LogP contribution in [0.5, 0.6) is 17.4 Å². The number of piperazine rings is 1. The van der Waals surface area contributed by atoms with Crippen LogP contribution in [0.1, 0.15) is 5.56 Å². The van der Waals surface area contributed by atoms with Gasteiger partial charge in [0, 0.05) is 36.9 Å². The van der Waals surface area contributed by atoms with E-state index in [0.29, 0.717) is 37.0 Å². The van der Waals surface area contributed by atoms with E-state index in [-0.39, 0.29) is 17.4 Å². The van der Waals surface area contributed by atoms with Gasteiger partial charge >= 0.3 is 11.6 Å². The standard InChI is InChI=1S/C22H22ClN5O4/c1-15-13-18(7-8-19(15)23)32-22-20(28(29)30)21(24-14-25-22)27-11-9-26(10-12-27)16-3-5-17(31-2)6-4-16/h3-8,13-14H,9-12H2,1-2H3. The second-order valence-corrected chi connectivity index (χ2v) is 7.70. The first-order valence-electron chi connectivity index (χ1n) is 10.0. The number of methoxy groups -OCH3 is 1. The van der Waals surface area contributed by atoms with Gasteiger partial charge in [-0.3, -0.25) is 10.1 Å². The van der Waals surface area contributed by atoms with E-state index in [2.05, 4.69) is 14.9 Å². The molecular weight excluding hydrogens is 434 g/mol. The molecule has 1 aromatic heterocycles. The number of ether oxygens (including phenoxy) is 2. The number of nitro groups is 1. The molecule has 1 fully saturated rings. The van der Waals surface area contributed by atoms with Gasteiger partial charge in [0.1, 0.15) is 17.8 Å². The number of aryl methyl sites for hydroxylation is 1. The zero-order valence-electron chi connectivity index (χ0n) is 17.7. The van der Waals surface area contributed by atoms with Gasteiger partial charge in [-0.1, -0.05) is 11.6 Å². The van der Waals surface area contributed by atoms with Crippen LogP contribution in [0.2, 0.25) is 5.02 Å². The van der Waals surface area contributed by atoms with E-state index in [1.807, 2.05) is 36.1 Å². The van der Waals surface area contributed by atoms with Crippen LogP contribution in [-0.2, 0) is 0 Å². The van der Waals surface area contributed by atoms with Gasteiger partial charge in [-0.15, -0.1) is 0 Å². The fourth-order valence-electron chi connectivity index (χ4n) is 3.58. The first-order valence-corrected chi connectivity index (χ1v) is 10.4. The fourth-order valence-corrected chi connectivity index (χ4v) is 3.70. The Balaban J connectivity index is 1.54. The van der Waals surface area contributed by atoms with Crippen molar-refractivity contribution in [2.75, 3.05) is 43.1 Å². The molecular formula is C22H22ClN5O4. The molecule has 0 saturated carbocycles. The van der Waals surface area contributed by atoms with Gasteiger partial charge in [0.2, 0.25) is 5.82 Å². The minimum atomic E-state index is -0.497. The highest BCUT2D eigenvalue weighted by Crippen LogP contribution is 2.37. The van der Waals surface area contributed by atoms with Crippen LogP contribution >= 0.6 is 11.6 Å². The van der Waals surface area contributed by atoms with Crippen LogP contribution in [0.3, 0.4) is 0 Å². The molecule has 32 heavy (non-hydrogen) atoms. The summed E-state index contributed by atoms with van der Waals surface area (Å²) < 4.78 is 11.0. The molecule has 2 heterocycles. The summed E-state index contributed by atoms with van der Waals surface area (Å²) in [4.78, 5) is 23.8. The van der Waals surface area contributed by atoms with E-state index in [9.17, 15) is 10.1 Å². The van der Waals surface area contributed by atoms with Crippen LogP contribution in [0.4, 0.5) is 17.2 Å². The Morgan fingerprint density at radius 1 is 1.00 bits per heavy atom. The minimum absolute atomic E-state index is 0.0979. The van der Waals surface area contributed by atoms with Gasteiger partial charge in [0.25, 0.3) is 0 Å². The maximum atomic E-state index is 11.9. The number of anilines is 2. The van der Waals surface area contributed by atoms with Crippen LogP contribution < -0.4 is 19.3 Å². The van der Waals surface area contributed by atoms with Gasteiger partial charge in [0.05, 0.1) is 12.0 Å². The molecule has 0 bridgehead atoms. The zero-order valence-corrected chi connectivity index (χ0v) is 18.5. The number of aromatic nitrogens is 2. The molecule has 166 valence electrons. The summed E-state index contributed by atoms with van der Waals surface area (Å²) in [5, 5.41) is 12.5. The highest BCUT2D eigenvalue weighted by molar-refractivity contribution is 6.31. The average Bonchev–Trinajstić information content (AvgIpc) is 2.81. The lowest BCUT2D eigenvalue weighted by Crippen LogP contribution is -2.47. The quantitative estimate of drug-likeness (QED) is 0.397. The second-order valence-electron chi connectivity index (χ2n) is 7.29. The van der Waals surface area contributed by atoms with E-state index in [1.165, 1.54) is 6.33 Å². The molecule has 9 nitrogen and oxygen atoms in total. The van der Waals surface area contributed by atoms with Gasteiger partial charge < -0.3 is 19.3 Å². The molecule has 0 amide bonds. The number of hydrogen-bond donors (Lipinski definition) is 0. The van der Waals surface area contributed by atoms with Crippen LogP contribution in [-0.4, -0.2) is 48.2 Å². The summed E-state index contributed by atoms with van der Waals surface area (Å²) in [5.74, 6) is 1.37. The van der Waals surface area contributed by atoms with Crippen molar-refractivity contribution < 1.29 is 14.4 Å². The molecule has 0 aliphatic carbocycles. The van der Waals surface area contributed by atoms with Gasteiger partial charge in [-0.25, -0.2) is 4.98 Å². The van der Waals surface area contributed by atoms with Crippen LogP contribution in [0.15, 0.2) is 48.8 Å². The first kappa shape index (κ1) is 21.6. The Hall–Kier alpha value is -3.59. The lowest BCUT2D eigenvalue weighted by Gasteiger charge is -2.36. The smallest absolute Gasteiger partial charge is 0.373 e. The summed E-state index contributed by atoms with van der Waals surface area (Å²) in [6, 6.07) is 12.9. The molecule has 4 rings (SSSR count). The zero-order chi connectivity index (χ0) is 22.7. The van der Waals surface area contributed by atoms with Crippen LogP contribution in [0.25, 0.3) is 0 Å². The van der Waals surface area contributed by atoms with Gasteiger partial charge in [-0.05, 0) is 55.0 Å². The predicted octanol–water partition coefficient (Wildman–Crippen LogP) is 4.47.